The fourth-order valence-electron chi connectivity index (χ4n) is 3.38. The molecule has 7 heteroatoms. The lowest BCUT2D eigenvalue weighted by Gasteiger charge is -2.23. The predicted molar refractivity (Wildman–Crippen MR) is 128 cm³/mol. The number of hydrogen-bond acceptors (Lipinski definition) is 4. The Labute approximate surface area is 189 Å². The van der Waals surface area contributed by atoms with Gasteiger partial charge in [0.2, 0.25) is 5.91 Å². The Kier molecular flexibility index (Phi) is 7.53. The molecule has 3 rings (SSSR count). The van der Waals surface area contributed by atoms with Gasteiger partial charge in [-0.3, -0.25) is 9.10 Å². The molecule has 32 heavy (non-hydrogen) atoms. The number of ether oxygens (including phenoxy) is 1. The highest BCUT2D eigenvalue weighted by molar-refractivity contribution is 7.92. The lowest BCUT2D eigenvalue weighted by molar-refractivity contribution is -0.116. The molecule has 0 aromatic heterocycles. The molecule has 0 radical (unpaired) electrons. The van der Waals surface area contributed by atoms with Crippen LogP contribution >= 0.6 is 0 Å². The third-order valence-electron chi connectivity index (χ3n) is 5.13. The van der Waals surface area contributed by atoms with Gasteiger partial charge in [-0.1, -0.05) is 48.0 Å². The molecule has 168 valence electrons. The van der Waals surface area contributed by atoms with E-state index in [1.807, 2.05) is 37.3 Å². The molecule has 1 amide bonds. The van der Waals surface area contributed by atoms with Crippen LogP contribution in [-0.4, -0.2) is 28.0 Å². The van der Waals surface area contributed by atoms with Gasteiger partial charge < -0.3 is 10.1 Å². The van der Waals surface area contributed by atoms with Gasteiger partial charge in [-0.2, -0.15) is 0 Å². The number of nitrogens with one attached hydrogen (secondary N) is 1. The number of benzene rings is 3. The van der Waals surface area contributed by atoms with E-state index in [1.54, 1.807) is 37.3 Å². The van der Waals surface area contributed by atoms with Crippen molar-refractivity contribution in [3.05, 3.63) is 83.9 Å². The van der Waals surface area contributed by atoms with Gasteiger partial charge in [-0.25, -0.2) is 8.42 Å². The summed E-state index contributed by atoms with van der Waals surface area (Å²) in [6, 6.07) is 21.4. The lowest BCUT2D eigenvalue weighted by Crippen LogP contribution is -2.30. The van der Waals surface area contributed by atoms with E-state index in [0.717, 1.165) is 11.1 Å². The quantitative estimate of drug-likeness (QED) is 0.506. The standard InChI is InChI=1S/C25H28N2O4S/c1-4-27(21-8-6-5-7-9-21)32(29,30)22-15-16-24(31-3)23(18-22)26-25(28)17-14-20-12-10-19(2)11-13-20/h5-13,15-16,18H,4,14,17H2,1-3H3,(H,26,28). The fraction of sp³-hybridized carbons (Fsp3) is 0.240. The van der Waals surface area contributed by atoms with Crippen molar-refractivity contribution < 1.29 is 17.9 Å². The lowest BCUT2D eigenvalue weighted by atomic mass is 10.1. The number of rotatable bonds is 9. The number of amides is 1. The highest BCUT2D eigenvalue weighted by atomic mass is 32.2. The average Bonchev–Trinajstić information content (AvgIpc) is 2.79. The molecule has 0 saturated carbocycles. The molecule has 1 N–H and O–H groups in total. The summed E-state index contributed by atoms with van der Waals surface area (Å²) in [5.74, 6) is 0.184. The van der Waals surface area contributed by atoms with E-state index in [1.165, 1.54) is 23.5 Å². The minimum Gasteiger partial charge on any atom is -0.495 e. The first-order valence-electron chi connectivity index (χ1n) is 10.5. The summed E-state index contributed by atoms with van der Waals surface area (Å²) >= 11 is 0. The molecule has 0 spiro atoms. The second-order valence-corrected chi connectivity index (χ2v) is 9.26. The van der Waals surface area contributed by atoms with Crippen LogP contribution in [0.1, 0.15) is 24.5 Å². The number of sulfonamides is 1. The molecule has 0 atom stereocenters. The molecule has 0 heterocycles. The van der Waals surface area contributed by atoms with Gasteiger partial charge in [0.25, 0.3) is 10.0 Å². The maximum absolute atomic E-state index is 13.3. The number of hydrogen-bond donors (Lipinski definition) is 1. The summed E-state index contributed by atoms with van der Waals surface area (Å²) in [5.41, 5.74) is 3.13. The van der Waals surface area contributed by atoms with E-state index in [2.05, 4.69) is 5.32 Å². The summed E-state index contributed by atoms with van der Waals surface area (Å²) in [6.45, 7) is 4.07. The van der Waals surface area contributed by atoms with Crippen molar-refractivity contribution in [1.29, 1.82) is 0 Å². The molecular weight excluding hydrogens is 424 g/mol. The third-order valence-corrected chi connectivity index (χ3v) is 7.02. The zero-order valence-corrected chi connectivity index (χ0v) is 19.4. The Morgan fingerprint density at radius 1 is 1.00 bits per heavy atom. The highest BCUT2D eigenvalue weighted by Crippen LogP contribution is 2.31. The molecular formula is C25H28N2O4S. The molecule has 0 aliphatic rings. The number of anilines is 2. The van der Waals surface area contributed by atoms with Crippen molar-refractivity contribution >= 4 is 27.3 Å². The molecule has 3 aromatic carbocycles. The van der Waals surface area contributed by atoms with Crippen LogP contribution in [0.4, 0.5) is 11.4 Å². The minimum atomic E-state index is -3.82. The second-order valence-electron chi connectivity index (χ2n) is 7.40. The van der Waals surface area contributed by atoms with E-state index in [9.17, 15) is 13.2 Å². The fourth-order valence-corrected chi connectivity index (χ4v) is 4.88. The Morgan fingerprint density at radius 3 is 2.31 bits per heavy atom. The zero-order valence-electron chi connectivity index (χ0n) is 18.5. The van der Waals surface area contributed by atoms with Gasteiger partial charge in [0.15, 0.2) is 0 Å². The van der Waals surface area contributed by atoms with E-state index < -0.39 is 10.0 Å². The molecule has 0 fully saturated rings. The molecule has 0 bridgehead atoms. The van der Waals surface area contributed by atoms with Crippen LogP contribution in [0.2, 0.25) is 0 Å². The van der Waals surface area contributed by atoms with Crippen LogP contribution in [0.5, 0.6) is 5.75 Å². The third kappa shape index (κ3) is 5.48. The number of carbonyl (C=O) groups is 1. The van der Waals surface area contributed by atoms with Crippen molar-refractivity contribution in [2.45, 2.75) is 31.6 Å². The number of nitrogens with zero attached hydrogens (tertiary/aromatic N) is 1. The Morgan fingerprint density at radius 2 is 1.69 bits per heavy atom. The second kappa shape index (κ2) is 10.3. The van der Waals surface area contributed by atoms with Crippen molar-refractivity contribution in [1.82, 2.24) is 0 Å². The van der Waals surface area contributed by atoms with Crippen molar-refractivity contribution in [3.63, 3.8) is 0 Å². The van der Waals surface area contributed by atoms with Crippen molar-refractivity contribution in [2.75, 3.05) is 23.3 Å². The largest absolute Gasteiger partial charge is 0.495 e. The number of aryl methyl sites for hydroxylation is 2. The van der Waals surface area contributed by atoms with Gasteiger partial charge in [-0.05, 0) is 56.2 Å². The first-order chi connectivity index (χ1) is 15.3. The van der Waals surface area contributed by atoms with Crippen molar-refractivity contribution in [3.8, 4) is 5.75 Å². The zero-order chi connectivity index (χ0) is 23.1. The summed E-state index contributed by atoms with van der Waals surface area (Å²) in [5, 5.41) is 2.81. The molecule has 0 aliphatic heterocycles. The molecule has 0 unspecified atom stereocenters. The van der Waals surface area contributed by atoms with Crippen molar-refractivity contribution in [2.24, 2.45) is 0 Å². The van der Waals surface area contributed by atoms with Crippen LogP contribution in [0.15, 0.2) is 77.7 Å². The van der Waals surface area contributed by atoms with Gasteiger partial charge in [-0.15, -0.1) is 0 Å². The van der Waals surface area contributed by atoms with Crippen LogP contribution in [-0.2, 0) is 21.2 Å². The maximum Gasteiger partial charge on any atom is 0.264 e. The highest BCUT2D eigenvalue weighted by Gasteiger charge is 2.25. The Bertz CT molecular complexity index is 1160. The summed E-state index contributed by atoms with van der Waals surface area (Å²) in [7, 11) is -2.34. The molecule has 0 aliphatic carbocycles. The molecule has 6 nitrogen and oxygen atoms in total. The van der Waals surface area contributed by atoms with E-state index in [4.69, 9.17) is 4.74 Å². The Balaban J connectivity index is 1.81. The normalized spacial score (nSPS) is 11.1. The van der Waals surface area contributed by atoms with E-state index >= 15 is 0 Å². The van der Waals surface area contributed by atoms with Crippen LogP contribution < -0.4 is 14.4 Å². The van der Waals surface area contributed by atoms with Crippen LogP contribution in [0.3, 0.4) is 0 Å². The molecule has 0 saturated heterocycles. The first kappa shape index (κ1) is 23.3. The summed E-state index contributed by atoms with van der Waals surface area (Å²) < 4.78 is 33.3. The topological polar surface area (TPSA) is 75.7 Å². The Hall–Kier alpha value is -3.32. The number of carbonyl (C=O) groups excluding carboxylic acids is 1. The average molecular weight is 453 g/mol. The van der Waals surface area contributed by atoms with Gasteiger partial charge >= 0.3 is 0 Å². The summed E-state index contributed by atoms with van der Waals surface area (Å²) in [4.78, 5) is 12.6. The predicted octanol–water partition coefficient (Wildman–Crippen LogP) is 4.79. The minimum absolute atomic E-state index is 0.0813. The van der Waals surface area contributed by atoms with E-state index in [0.29, 0.717) is 23.5 Å². The smallest absolute Gasteiger partial charge is 0.264 e. The number of para-hydroxylation sites is 1. The first-order valence-corrected chi connectivity index (χ1v) is 11.9. The monoisotopic (exact) mass is 452 g/mol. The van der Waals surface area contributed by atoms with Gasteiger partial charge in [0.05, 0.1) is 23.4 Å². The van der Waals surface area contributed by atoms with Gasteiger partial charge in [0, 0.05) is 13.0 Å². The SMILES string of the molecule is CCN(c1ccccc1)S(=O)(=O)c1ccc(OC)c(NC(=O)CCc2ccc(C)cc2)c1. The van der Waals surface area contributed by atoms with Crippen LogP contribution in [0.25, 0.3) is 0 Å². The van der Waals surface area contributed by atoms with Crippen LogP contribution in [0, 0.1) is 6.92 Å². The molecule has 3 aromatic rings. The van der Waals surface area contributed by atoms with Gasteiger partial charge in [0.1, 0.15) is 5.75 Å². The van der Waals surface area contributed by atoms with E-state index in [-0.39, 0.29) is 23.8 Å². The summed E-state index contributed by atoms with van der Waals surface area (Å²) in [6.07, 6.45) is 0.859. The number of methoxy groups -OCH3 is 1. The maximum atomic E-state index is 13.3.